The van der Waals surface area contributed by atoms with Gasteiger partial charge in [-0.15, -0.1) is 0 Å². The van der Waals surface area contributed by atoms with Crippen molar-refractivity contribution in [2.45, 2.75) is 51.0 Å². The molecule has 0 saturated heterocycles. The zero-order chi connectivity index (χ0) is 23.8. The van der Waals surface area contributed by atoms with Crippen molar-refractivity contribution in [2.24, 2.45) is 0 Å². The largest absolute Gasteiger partial charge is 0.458 e. The second-order valence-corrected chi connectivity index (χ2v) is 9.50. The van der Waals surface area contributed by atoms with Gasteiger partial charge in [0.05, 0.1) is 33.9 Å². The van der Waals surface area contributed by atoms with Crippen LogP contribution in [0, 0.1) is 11.3 Å². The Bertz CT molecular complexity index is 1000. The number of benzene rings is 1. The van der Waals surface area contributed by atoms with Crippen LogP contribution in [0.15, 0.2) is 58.8 Å². The molecule has 1 atom stereocenters. The van der Waals surface area contributed by atoms with Crippen molar-refractivity contribution in [1.82, 2.24) is 10.6 Å². The van der Waals surface area contributed by atoms with E-state index in [4.69, 9.17) is 16.3 Å². The summed E-state index contributed by atoms with van der Waals surface area (Å²) in [4.78, 5) is 25.4. The molecule has 1 fully saturated rings. The van der Waals surface area contributed by atoms with Crippen LogP contribution in [-0.2, 0) is 14.3 Å². The van der Waals surface area contributed by atoms with Crippen molar-refractivity contribution in [3.8, 4) is 6.07 Å². The summed E-state index contributed by atoms with van der Waals surface area (Å²) in [6.07, 6.45) is 7.02. The molecule has 0 aromatic heterocycles. The first-order valence-electron chi connectivity index (χ1n) is 11.0. The molecule has 1 aliphatic carbocycles. The fraction of sp³-hybridized carbons (Fsp3) is 0.400. The van der Waals surface area contributed by atoms with E-state index in [1.54, 1.807) is 31.2 Å². The molecule has 1 amide bonds. The minimum absolute atomic E-state index is 0.0562. The van der Waals surface area contributed by atoms with Crippen molar-refractivity contribution in [3.05, 3.63) is 69.4 Å². The molecular weight excluding hydrogens is 458 g/mol. The van der Waals surface area contributed by atoms with Crippen molar-refractivity contribution in [1.29, 1.82) is 5.26 Å². The van der Waals surface area contributed by atoms with Gasteiger partial charge in [0.15, 0.2) is 0 Å². The minimum atomic E-state index is -0.630. The summed E-state index contributed by atoms with van der Waals surface area (Å²) in [5.74, 6) is -1.03. The Balaban J connectivity index is 1.85. The highest BCUT2D eigenvalue weighted by Crippen LogP contribution is 2.41. The van der Waals surface area contributed by atoms with Gasteiger partial charge in [0.1, 0.15) is 6.61 Å². The van der Waals surface area contributed by atoms with E-state index in [-0.39, 0.29) is 24.3 Å². The normalized spacial score (nSPS) is 18.9. The molecule has 1 heterocycles. The maximum absolute atomic E-state index is 12.9. The van der Waals surface area contributed by atoms with Crippen LogP contribution in [0.3, 0.4) is 0 Å². The van der Waals surface area contributed by atoms with Gasteiger partial charge in [-0.25, -0.2) is 4.79 Å². The molecule has 0 spiro atoms. The van der Waals surface area contributed by atoms with Crippen LogP contribution in [0.2, 0.25) is 5.02 Å². The number of nitrogens with one attached hydrogen (secondary N) is 2. The molecule has 2 aliphatic rings. The molecule has 2 N–H and O–H groups in total. The fourth-order valence-electron chi connectivity index (χ4n) is 4.15. The Morgan fingerprint density at radius 2 is 2.00 bits per heavy atom. The zero-order valence-corrected chi connectivity index (χ0v) is 20.2. The number of thioether (sulfide) groups is 1. The number of halogens is 1. The standard InChI is InChI=1S/C25H28ClN3O3S/c1-3-13-32-25(31)22-16(2)28-24(33-15-21(30)29-19-7-5-4-6-8-19)20(14-27)23(22)17-9-11-18(26)12-10-17/h3,9-12,19,23,28H,1,4-8,13,15H2,2H3,(H,29,30). The lowest BCUT2D eigenvalue weighted by atomic mass is 9.82. The third-order valence-electron chi connectivity index (χ3n) is 5.72. The van der Waals surface area contributed by atoms with E-state index < -0.39 is 11.9 Å². The Hall–Kier alpha value is -2.69. The second kappa shape index (κ2) is 12.0. The van der Waals surface area contributed by atoms with E-state index in [1.165, 1.54) is 24.3 Å². The van der Waals surface area contributed by atoms with Gasteiger partial charge in [-0.2, -0.15) is 5.26 Å². The number of rotatable bonds is 8. The Labute approximate surface area is 204 Å². The highest BCUT2D eigenvalue weighted by molar-refractivity contribution is 8.03. The predicted octanol–water partition coefficient (Wildman–Crippen LogP) is 4.95. The topological polar surface area (TPSA) is 91.2 Å². The van der Waals surface area contributed by atoms with E-state index in [9.17, 15) is 14.9 Å². The third kappa shape index (κ3) is 6.43. The summed E-state index contributed by atoms with van der Waals surface area (Å²) in [5.41, 5.74) is 2.04. The fourth-order valence-corrected chi connectivity index (χ4v) is 5.18. The maximum Gasteiger partial charge on any atom is 0.337 e. The summed E-state index contributed by atoms with van der Waals surface area (Å²) in [6, 6.07) is 9.51. The van der Waals surface area contributed by atoms with E-state index in [0.29, 0.717) is 26.9 Å². The van der Waals surface area contributed by atoms with Crippen LogP contribution in [0.5, 0.6) is 0 Å². The van der Waals surface area contributed by atoms with E-state index in [2.05, 4.69) is 23.3 Å². The number of dihydropyridines is 1. The summed E-state index contributed by atoms with van der Waals surface area (Å²) in [5, 5.41) is 17.4. The number of allylic oxidation sites excluding steroid dienone is 2. The van der Waals surface area contributed by atoms with Crippen LogP contribution in [0.25, 0.3) is 0 Å². The molecule has 33 heavy (non-hydrogen) atoms. The van der Waals surface area contributed by atoms with E-state index in [0.717, 1.165) is 31.2 Å². The molecule has 0 radical (unpaired) electrons. The van der Waals surface area contributed by atoms with Crippen LogP contribution in [-0.4, -0.2) is 30.3 Å². The van der Waals surface area contributed by atoms with Gasteiger partial charge in [-0.3, -0.25) is 4.79 Å². The van der Waals surface area contributed by atoms with Gasteiger partial charge in [0, 0.05) is 16.8 Å². The molecule has 3 rings (SSSR count). The molecule has 1 aromatic carbocycles. The number of ether oxygens (including phenoxy) is 1. The molecule has 0 bridgehead atoms. The van der Waals surface area contributed by atoms with Crippen molar-refractivity contribution in [3.63, 3.8) is 0 Å². The van der Waals surface area contributed by atoms with Crippen molar-refractivity contribution >= 4 is 35.2 Å². The second-order valence-electron chi connectivity index (χ2n) is 8.08. The highest BCUT2D eigenvalue weighted by Gasteiger charge is 2.35. The third-order valence-corrected chi connectivity index (χ3v) is 6.99. The van der Waals surface area contributed by atoms with Crippen molar-refractivity contribution < 1.29 is 14.3 Å². The summed E-state index contributed by atoms with van der Waals surface area (Å²) in [6.45, 7) is 5.42. The Morgan fingerprint density at radius 1 is 1.30 bits per heavy atom. The SMILES string of the molecule is C=CCOC(=O)C1=C(C)NC(SCC(=O)NC2CCCCC2)=C(C#N)C1c1ccc(Cl)cc1. The lowest BCUT2D eigenvalue weighted by molar-refractivity contribution is -0.138. The monoisotopic (exact) mass is 485 g/mol. The quantitative estimate of drug-likeness (QED) is 0.400. The molecule has 8 heteroatoms. The van der Waals surface area contributed by atoms with Gasteiger partial charge < -0.3 is 15.4 Å². The molecule has 1 aromatic rings. The maximum atomic E-state index is 12.9. The zero-order valence-electron chi connectivity index (χ0n) is 18.7. The number of nitrogens with zero attached hydrogens (tertiary/aromatic N) is 1. The van der Waals surface area contributed by atoms with Crippen molar-refractivity contribution in [2.75, 3.05) is 12.4 Å². The molecule has 174 valence electrons. The van der Waals surface area contributed by atoms with Gasteiger partial charge >= 0.3 is 5.97 Å². The summed E-state index contributed by atoms with van der Waals surface area (Å²) >= 11 is 7.33. The highest BCUT2D eigenvalue weighted by atomic mass is 35.5. The van der Waals surface area contributed by atoms with E-state index in [1.807, 2.05) is 0 Å². The first-order chi connectivity index (χ1) is 15.9. The van der Waals surface area contributed by atoms with Crippen LogP contribution in [0.4, 0.5) is 0 Å². The first kappa shape index (κ1) is 24.9. The van der Waals surface area contributed by atoms with E-state index >= 15 is 0 Å². The number of hydrogen-bond donors (Lipinski definition) is 2. The predicted molar refractivity (Wildman–Crippen MR) is 131 cm³/mol. The average molecular weight is 486 g/mol. The van der Waals surface area contributed by atoms with Crippen LogP contribution >= 0.6 is 23.4 Å². The summed E-state index contributed by atoms with van der Waals surface area (Å²) < 4.78 is 5.30. The molecule has 1 aliphatic heterocycles. The lowest BCUT2D eigenvalue weighted by Gasteiger charge is -2.29. The lowest BCUT2D eigenvalue weighted by Crippen LogP contribution is -2.37. The average Bonchev–Trinajstić information content (AvgIpc) is 2.82. The van der Waals surface area contributed by atoms with Crippen LogP contribution < -0.4 is 10.6 Å². The number of hydrogen-bond acceptors (Lipinski definition) is 6. The molecule has 1 unspecified atom stereocenters. The van der Waals surface area contributed by atoms with Gasteiger partial charge in [-0.05, 0) is 37.5 Å². The number of carbonyl (C=O) groups is 2. The van der Waals surface area contributed by atoms with Crippen LogP contribution in [0.1, 0.15) is 50.5 Å². The number of nitriles is 1. The van der Waals surface area contributed by atoms with Gasteiger partial charge in [0.25, 0.3) is 0 Å². The summed E-state index contributed by atoms with van der Waals surface area (Å²) in [7, 11) is 0. The molecule has 1 saturated carbocycles. The Kier molecular flexibility index (Phi) is 9.04. The smallest absolute Gasteiger partial charge is 0.337 e. The number of carbonyl (C=O) groups excluding carboxylic acids is 2. The number of esters is 1. The first-order valence-corrected chi connectivity index (χ1v) is 12.4. The molecular formula is C25H28ClN3O3S. The Morgan fingerprint density at radius 3 is 2.64 bits per heavy atom. The minimum Gasteiger partial charge on any atom is -0.458 e. The van der Waals surface area contributed by atoms with Gasteiger partial charge in [0.2, 0.25) is 5.91 Å². The van der Waals surface area contributed by atoms with Gasteiger partial charge in [-0.1, -0.05) is 67.4 Å². The molecule has 6 nitrogen and oxygen atoms in total. The number of amides is 1.